The van der Waals surface area contributed by atoms with E-state index in [1.54, 1.807) is 30.3 Å². The minimum Gasteiger partial charge on any atom is -0.451 e. The second-order valence-electron chi connectivity index (χ2n) is 6.34. The number of hydrogen-bond acceptors (Lipinski definition) is 4. The molecule has 3 aromatic rings. The molecule has 0 bridgehead atoms. The lowest BCUT2D eigenvalue weighted by Crippen LogP contribution is -2.28. The van der Waals surface area contributed by atoms with Crippen molar-refractivity contribution in [3.8, 4) is 0 Å². The van der Waals surface area contributed by atoms with E-state index in [0.29, 0.717) is 11.3 Å². The van der Waals surface area contributed by atoms with Gasteiger partial charge in [0.15, 0.2) is 6.61 Å². The van der Waals surface area contributed by atoms with Gasteiger partial charge in [-0.15, -0.1) is 0 Å². The molecular weight excluding hydrogens is 368 g/mol. The Labute approximate surface area is 168 Å². The predicted octanol–water partition coefficient (Wildman–Crippen LogP) is 3.50. The first-order valence-corrected chi connectivity index (χ1v) is 9.01. The molecule has 0 saturated carbocycles. The van der Waals surface area contributed by atoms with Crippen LogP contribution in [-0.2, 0) is 19.1 Å². The molecule has 0 unspecified atom stereocenters. The highest BCUT2D eigenvalue weighted by molar-refractivity contribution is 6.00. The maximum absolute atomic E-state index is 12.3. The number of nitrogens with one attached hydrogen (secondary N) is 2. The van der Waals surface area contributed by atoms with E-state index in [-0.39, 0.29) is 5.70 Å². The van der Waals surface area contributed by atoms with Gasteiger partial charge in [-0.25, -0.2) is 4.79 Å². The smallest absolute Gasteiger partial charge is 0.355 e. The van der Waals surface area contributed by atoms with Crippen LogP contribution in [0, 0.1) is 0 Å². The van der Waals surface area contributed by atoms with Crippen molar-refractivity contribution in [1.82, 2.24) is 5.32 Å². The van der Waals surface area contributed by atoms with Gasteiger partial charge in [-0.3, -0.25) is 9.59 Å². The van der Waals surface area contributed by atoms with Crippen molar-refractivity contribution in [2.75, 3.05) is 11.9 Å². The zero-order valence-corrected chi connectivity index (χ0v) is 15.8. The lowest BCUT2D eigenvalue weighted by molar-refractivity contribution is -0.144. The van der Waals surface area contributed by atoms with Gasteiger partial charge in [0.1, 0.15) is 5.70 Å². The maximum atomic E-state index is 12.3. The van der Waals surface area contributed by atoms with Crippen molar-refractivity contribution in [2.24, 2.45) is 0 Å². The Hall–Kier alpha value is -3.93. The van der Waals surface area contributed by atoms with Crippen molar-refractivity contribution < 1.29 is 19.1 Å². The minimum absolute atomic E-state index is 0.0396. The van der Waals surface area contributed by atoms with E-state index in [1.807, 2.05) is 42.5 Å². The number of carbonyl (C=O) groups is 3. The summed E-state index contributed by atoms with van der Waals surface area (Å²) in [5.41, 5.74) is 1.28. The van der Waals surface area contributed by atoms with E-state index in [1.165, 1.54) is 13.0 Å². The highest BCUT2D eigenvalue weighted by atomic mass is 16.5. The summed E-state index contributed by atoms with van der Waals surface area (Å²) in [4.78, 5) is 35.9. The fourth-order valence-corrected chi connectivity index (χ4v) is 2.72. The van der Waals surface area contributed by atoms with E-state index in [2.05, 4.69) is 10.6 Å². The molecule has 0 saturated heterocycles. The number of amides is 2. The molecule has 0 aliphatic carbocycles. The Morgan fingerprint density at radius 1 is 0.897 bits per heavy atom. The Morgan fingerprint density at radius 2 is 1.59 bits per heavy atom. The van der Waals surface area contributed by atoms with Gasteiger partial charge in [0.25, 0.3) is 5.91 Å². The van der Waals surface area contributed by atoms with Crippen molar-refractivity contribution >= 4 is 40.3 Å². The molecule has 0 aliphatic rings. The highest BCUT2D eigenvalue weighted by Gasteiger charge is 2.15. The summed E-state index contributed by atoms with van der Waals surface area (Å²) in [5, 5.41) is 7.18. The Kier molecular flexibility index (Phi) is 6.37. The number of benzene rings is 3. The first kappa shape index (κ1) is 19.8. The van der Waals surface area contributed by atoms with E-state index >= 15 is 0 Å². The molecule has 2 N–H and O–H groups in total. The van der Waals surface area contributed by atoms with Gasteiger partial charge >= 0.3 is 5.97 Å². The monoisotopic (exact) mass is 388 g/mol. The summed E-state index contributed by atoms with van der Waals surface area (Å²) in [7, 11) is 0. The fourth-order valence-electron chi connectivity index (χ4n) is 2.72. The van der Waals surface area contributed by atoms with Crippen molar-refractivity contribution in [2.45, 2.75) is 6.92 Å². The van der Waals surface area contributed by atoms with Crippen LogP contribution >= 0.6 is 0 Å². The quantitative estimate of drug-likeness (QED) is 0.500. The molecule has 3 aromatic carbocycles. The molecule has 0 aromatic heterocycles. The number of ether oxygens (including phenoxy) is 1. The molecule has 29 heavy (non-hydrogen) atoms. The van der Waals surface area contributed by atoms with Gasteiger partial charge in [-0.05, 0) is 34.5 Å². The molecule has 146 valence electrons. The second-order valence-corrected chi connectivity index (χ2v) is 6.34. The zero-order chi connectivity index (χ0) is 20.6. The van der Waals surface area contributed by atoms with Crippen molar-refractivity contribution in [1.29, 1.82) is 0 Å². The first-order chi connectivity index (χ1) is 14.0. The van der Waals surface area contributed by atoms with Crippen LogP contribution in [0.15, 0.2) is 78.5 Å². The lowest BCUT2D eigenvalue weighted by atomic mass is 10.1. The van der Waals surface area contributed by atoms with E-state index in [4.69, 9.17) is 4.74 Å². The van der Waals surface area contributed by atoms with Crippen LogP contribution < -0.4 is 10.6 Å². The summed E-state index contributed by atoms with van der Waals surface area (Å²) in [6.45, 7) is 0.815. The largest absolute Gasteiger partial charge is 0.451 e. The number of hydrogen-bond donors (Lipinski definition) is 2. The molecule has 0 atom stereocenters. The van der Waals surface area contributed by atoms with E-state index in [0.717, 1.165) is 10.8 Å². The van der Waals surface area contributed by atoms with Crippen LogP contribution in [0.25, 0.3) is 16.8 Å². The van der Waals surface area contributed by atoms with Gasteiger partial charge in [0, 0.05) is 12.6 Å². The number of carbonyl (C=O) groups excluding carboxylic acids is 3. The third kappa shape index (κ3) is 5.77. The maximum Gasteiger partial charge on any atom is 0.355 e. The Morgan fingerprint density at radius 3 is 2.31 bits per heavy atom. The molecule has 3 rings (SSSR count). The highest BCUT2D eigenvalue weighted by Crippen LogP contribution is 2.18. The van der Waals surface area contributed by atoms with Crippen LogP contribution in [0.5, 0.6) is 0 Å². The first-order valence-electron chi connectivity index (χ1n) is 9.01. The van der Waals surface area contributed by atoms with E-state index in [9.17, 15) is 14.4 Å². The number of anilines is 1. The average molecular weight is 388 g/mol. The normalized spacial score (nSPS) is 11.0. The number of rotatable bonds is 6. The summed E-state index contributed by atoms with van der Waals surface area (Å²) >= 11 is 0. The predicted molar refractivity (Wildman–Crippen MR) is 112 cm³/mol. The summed E-state index contributed by atoms with van der Waals surface area (Å²) in [6, 6.07) is 22.3. The third-order valence-electron chi connectivity index (χ3n) is 4.01. The third-order valence-corrected chi connectivity index (χ3v) is 4.01. The molecule has 0 aliphatic heterocycles. The van der Waals surface area contributed by atoms with Gasteiger partial charge in [0.2, 0.25) is 5.91 Å². The molecule has 0 radical (unpaired) electrons. The number of esters is 1. The van der Waals surface area contributed by atoms with Crippen molar-refractivity contribution in [3.05, 3.63) is 84.1 Å². The van der Waals surface area contributed by atoms with E-state index < -0.39 is 24.4 Å². The Bertz CT molecular complexity index is 1070. The van der Waals surface area contributed by atoms with Gasteiger partial charge in [-0.1, -0.05) is 60.7 Å². The molecular formula is C23H20N2O4. The van der Waals surface area contributed by atoms with Crippen LogP contribution in [0.4, 0.5) is 5.69 Å². The van der Waals surface area contributed by atoms with Gasteiger partial charge in [-0.2, -0.15) is 0 Å². The fraction of sp³-hybridized carbons (Fsp3) is 0.0870. The van der Waals surface area contributed by atoms with Crippen LogP contribution in [0.2, 0.25) is 0 Å². The summed E-state index contributed by atoms with van der Waals surface area (Å²) < 4.78 is 5.06. The Balaban J connectivity index is 1.63. The lowest BCUT2D eigenvalue weighted by Gasteiger charge is -2.10. The van der Waals surface area contributed by atoms with Gasteiger partial charge in [0.05, 0.1) is 0 Å². The van der Waals surface area contributed by atoms with Crippen LogP contribution in [-0.4, -0.2) is 24.4 Å². The van der Waals surface area contributed by atoms with Crippen LogP contribution in [0.1, 0.15) is 12.5 Å². The molecule has 6 nitrogen and oxygen atoms in total. The zero-order valence-electron chi connectivity index (χ0n) is 15.8. The molecule has 2 amide bonds. The van der Waals surface area contributed by atoms with Crippen molar-refractivity contribution in [3.63, 3.8) is 0 Å². The second kappa shape index (κ2) is 9.32. The standard InChI is InChI=1S/C23H20N2O4/c1-16(26)24-21(13-17-7-3-2-4-8-17)23(28)29-15-22(27)25-20-12-11-18-9-5-6-10-19(18)14-20/h2-14H,15H2,1H3,(H,24,26)(H,25,27)/b21-13+. The van der Waals surface area contributed by atoms with Gasteiger partial charge < -0.3 is 15.4 Å². The molecule has 0 spiro atoms. The van der Waals surface area contributed by atoms with Crippen LogP contribution in [0.3, 0.4) is 0 Å². The molecule has 0 fully saturated rings. The minimum atomic E-state index is -0.794. The number of fused-ring (bicyclic) bond motifs is 1. The molecule has 0 heterocycles. The topological polar surface area (TPSA) is 84.5 Å². The molecule has 6 heteroatoms. The summed E-state index contributed by atoms with van der Waals surface area (Å²) in [5.74, 6) is -1.68. The average Bonchev–Trinajstić information content (AvgIpc) is 2.72. The SMILES string of the molecule is CC(=O)N/C(=C/c1ccccc1)C(=O)OCC(=O)Nc1ccc2ccccc2c1. The summed E-state index contributed by atoms with van der Waals surface area (Å²) in [6.07, 6.45) is 1.49.